The molecule has 5 nitrogen and oxygen atoms in total. The van der Waals surface area contributed by atoms with Crippen molar-refractivity contribution in [3.8, 4) is 6.07 Å². The molecule has 0 aromatic heterocycles. The van der Waals surface area contributed by atoms with E-state index in [1.807, 2.05) is 12.3 Å². The number of aryl methyl sites for hydroxylation is 1. The lowest BCUT2D eigenvalue weighted by atomic mass is 10.1. The first-order valence-electron chi connectivity index (χ1n) is 5.93. The van der Waals surface area contributed by atoms with Crippen molar-refractivity contribution in [3.05, 3.63) is 29.3 Å². The second-order valence-corrected chi connectivity index (χ2v) is 7.48. The van der Waals surface area contributed by atoms with E-state index in [-0.39, 0.29) is 11.4 Å². The molecule has 1 rings (SSSR count). The highest BCUT2D eigenvalue weighted by Gasteiger charge is 2.24. The van der Waals surface area contributed by atoms with E-state index in [9.17, 15) is 13.5 Å². The van der Waals surface area contributed by atoms with Crippen LogP contribution in [0.15, 0.2) is 23.1 Å². The average Bonchev–Trinajstić information content (AvgIpc) is 2.36. The number of benzene rings is 1. The highest BCUT2D eigenvalue weighted by atomic mass is 32.2. The molecule has 1 aromatic carbocycles. The molecule has 0 aliphatic heterocycles. The molecular weight excluding hydrogens is 296 g/mol. The molecule has 0 aliphatic rings. The van der Waals surface area contributed by atoms with Gasteiger partial charge in [-0.25, -0.2) is 13.1 Å². The van der Waals surface area contributed by atoms with E-state index in [1.165, 1.54) is 30.0 Å². The maximum atomic E-state index is 12.1. The standard InChI is InChI=1S/C13H18N2O3S2/c1-10-6-12(5-4-11(10)7-14)20(17,18)15-8-13(2,16)9-19-3/h4-6,15-16H,8-9H2,1-3H3. The van der Waals surface area contributed by atoms with Gasteiger partial charge >= 0.3 is 0 Å². The van der Waals surface area contributed by atoms with Crippen molar-refractivity contribution in [2.75, 3.05) is 18.6 Å². The molecule has 1 aromatic rings. The van der Waals surface area contributed by atoms with Crippen molar-refractivity contribution < 1.29 is 13.5 Å². The Kier molecular flexibility index (Phi) is 5.59. The van der Waals surface area contributed by atoms with Gasteiger partial charge in [-0.15, -0.1) is 0 Å². The number of thioether (sulfide) groups is 1. The first kappa shape index (κ1) is 17.0. The lowest BCUT2D eigenvalue weighted by Gasteiger charge is -2.22. The molecule has 0 aliphatic carbocycles. The van der Waals surface area contributed by atoms with Gasteiger partial charge in [-0.1, -0.05) is 0 Å². The summed E-state index contributed by atoms with van der Waals surface area (Å²) in [6.45, 7) is 3.20. The first-order valence-corrected chi connectivity index (χ1v) is 8.81. The number of aliphatic hydroxyl groups is 1. The summed E-state index contributed by atoms with van der Waals surface area (Å²) in [6, 6.07) is 6.30. The second kappa shape index (κ2) is 6.59. The van der Waals surface area contributed by atoms with Crippen LogP contribution in [0.4, 0.5) is 0 Å². The quantitative estimate of drug-likeness (QED) is 0.825. The first-order chi connectivity index (χ1) is 9.22. The number of sulfonamides is 1. The largest absolute Gasteiger partial charge is 0.388 e. The van der Waals surface area contributed by atoms with Crippen LogP contribution in [-0.2, 0) is 10.0 Å². The summed E-state index contributed by atoms with van der Waals surface area (Å²) in [5, 5.41) is 18.8. The molecule has 0 amide bonds. The molecule has 0 spiro atoms. The minimum absolute atomic E-state index is 0.0603. The molecule has 0 fully saturated rings. The fourth-order valence-corrected chi connectivity index (χ4v) is 3.60. The van der Waals surface area contributed by atoms with Gasteiger partial charge in [-0.05, 0) is 43.9 Å². The third-order valence-corrected chi connectivity index (χ3v) is 5.04. The highest BCUT2D eigenvalue weighted by molar-refractivity contribution is 7.98. The maximum absolute atomic E-state index is 12.1. The summed E-state index contributed by atoms with van der Waals surface area (Å²) in [5.74, 6) is 0.432. The molecule has 20 heavy (non-hydrogen) atoms. The number of nitrogens with one attached hydrogen (secondary N) is 1. The Morgan fingerprint density at radius 2 is 2.15 bits per heavy atom. The third-order valence-electron chi connectivity index (χ3n) is 2.73. The third kappa shape index (κ3) is 4.49. The molecule has 1 unspecified atom stereocenters. The van der Waals surface area contributed by atoms with E-state index >= 15 is 0 Å². The molecule has 0 radical (unpaired) electrons. The second-order valence-electron chi connectivity index (χ2n) is 4.84. The van der Waals surface area contributed by atoms with Gasteiger partial charge in [0, 0.05) is 12.3 Å². The zero-order valence-electron chi connectivity index (χ0n) is 11.7. The van der Waals surface area contributed by atoms with Crippen LogP contribution in [0.5, 0.6) is 0 Å². The van der Waals surface area contributed by atoms with Gasteiger partial charge in [0.2, 0.25) is 10.0 Å². The van der Waals surface area contributed by atoms with Crippen LogP contribution in [0.2, 0.25) is 0 Å². The molecule has 0 heterocycles. The van der Waals surface area contributed by atoms with E-state index in [0.29, 0.717) is 16.9 Å². The van der Waals surface area contributed by atoms with Gasteiger partial charge in [0.1, 0.15) is 0 Å². The van der Waals surface area contributed by atoms with Crippen molar-refractivity contribution >= 4 is 21.8 Å². The van der Waals surface area contributed by atoms with E-state index < -0.39 is 15.6 Å². The van der Waals surface area contributed by atoms with Crippen molar-refractivity contribution in [1.82, 2.24) is 4.72 Å². The van der Waals surface area contributed by atoms with Crippen LogP contribution >= 0.6 is 11.8 Å². The summed E-state index contributed by atoms with van der Waals surface area (Å²) >= 11 is 1.44. The zero-order valence-corrected chi connectivity index (χ0v) is 13.3. The number of hydrogen-bond donors (Lipinski definition) is 2. The lowest BCUT2D eigenvalue weighted by molar-refractivity contribution is 0.0908. The molecule has 0 saturated heterocycles. The van der Waals surface area contributed by atoms with E-state index in [0.717, 1.165) is 0 Å². The molecule has 110 valence electrons. The van der Waals surface area contributed by atoms with Crippen LogP contribution in [0, 0.1) is 18.3 Å². The number of nitrogens with zero attached hydrogens (tertiary/aromatic N) is 1. The predicted molar refractivity (Wildman–Crippen MR) is 80.1 cm³/mol. The minimum atomic E-state index is -3.69. The molecule has 7 heteroatoms. The Hall–Kier alpha value is -1.07. The number of nitriles is 1. The zero-order chi connectivity index (χ0) is 15.4. The van der Waals surface area contributed by atoms with Crippen molar-refractivity contribution in [2.45, 2.75) is 24.3 Å². The molecule has 0 saturated carbocycles. The fraction of sp³-hybridized carbons (Fsp3) is 0.462. The monoisotopic (exact) mass is 314 g/mol. The van der Waals surface area contributed by atoms with Gasteiger partial charge in [-0.3, -0.25) is 0 Å². The fourth-order valence-electron chi connectivity index (χ4n) is 1.62. The van der Waals surface area contributed by atoms with Crippen LogP contribution in [0.1, 0.15) is 18.1 Å². The van der Waals surface area contributed by atoms with Gasteiger partial charge < -0.3 is 5.11 Å². The Morgan fingerprint density at radius 3 is 2.65 bits per heavy atom. The smallest absolute Gasteiger partial charge is 0.240 e. The van der Waals surface area contributed by atoms with Crippen LogP contribution in [0.25, 0.3) is 0 Å². The Labute approximate surface area is 124 Å². The summed E-state index contributed by atoms with van der Waals surface area (Å²) < 4.78 is 26.6. The van der Waals surface area contributed by atoms with Crippen molar-refractivity contribution in [1.29, 1.82) is 5.26 Å². The SMILES string of the molecule is CSCC(C)(O)CNS(=O)(=O)c1ccc(C#N)c(C)c1. The van der Waals surface area contributed by atoms with Gasteiger partial charge in [0.15, 0.2) is 0 Å². The summed E-state index contributed by atoms with van der Waals surface area (Å²) in [4.78, 5) is 0.0916. The lowest BCUT2D eigenvalue weighted by Crippen LogP contribution is -2.42. The van der Waals surface area contributed by atoms with Crippen LogP contribution in [-0.4, -0.2) is 37.7 Å². The molecule has 0 bridgehead atoms. The predicted octanol–water partition coefficient (Wildman–Crippen LogP) is 1.26. The summed E-state index contributed by atoms with van der Waals surface area (Å²) in [5.41, 5.74) is -0.0571. The summed E-state index contributed by atoms with van der Waals surface area (Å²) in [7, 11) is -3.69. The van der Waals surface area contributed by atoms with E-state index in [1.54, 1.807) is 13.8 Å². The Bertz CT molecular complexity index is 619. The average molecular weight is 314 g/mol. The Morgan fingerprint density at radius 1 is 1.50 bits per heavy atom. The van der Waals surface area contributed by atoms with Crippen LogP contribution in [0.3, 0.4) is 0 Å². The van der Waals surface area contributed by atoms with Crippen molar-refractivity contribution in [2.24, 2.45) is 0 Å². The maximum Gasteiger partial charge on any atom is 0.240 e. The van der Waals surface area contributed by atoms with Gasteiger partial charge in [0.05, 0.1) is 22.1 Å². The normalized spacial score (nSPS) is 14.6. The molecule has 1 atom stereocenters. The minimum Gasteiger partial charge on any atom is -0.388 e. The summed E-state index contributed by atoms with van der Waals surface area (Å²) in [6.07, 6.45) is 1.84. The van der Waals surface area contributed by atoms with Gasteiger partial charge in [0.25, 0.3) is 0 Å². The number of hydrogen-bond acceptors (Lipinski definition) is 5. The van der Waals surface area contributed by atoms with E-state index in [2.05, 4.69) is 4.72 Å². The molecule has 2 N–H and O–H groups in total. The van der Waals surface area contributed by atoms with Crippen LogP contribution < -0.4 is 4.72 Å². The topological polar surface area (TPSA) is 90.2 Å². The van der Waals surface area contributed by atoms with Gasteiger partial charge in [-0.2, -0.15) is 17.0 Å². The number of rotatable bonds is 6. The molecular formula is C13H18N2O3S2. The van der Waals surface area contributed by atoms with Crippen molar-refractivity contribution in [3.63, 3.8) is 0 Å². The highest BCUT2D eigenvalue weighted by Crippen LogP contribution is 2.16. The van der Waals surface area contributed by atoms with E-state index in [4.69, 9.17) is 5.26 Å². The Balaban J connectivity index is 2.90.